The molecular weight excluding hydrogens is 96.1 g/mol. The first-order valence-corrected chi connectivity index (χ1v) is 2.79. The SMILES string of the molecule is CCc1c[c]c[c]c1. The van der Waals surface area contributed by atoms with Gasteiger partial charge in [-0.3, -0.25) is 0 Å². The van der Waals surface area contributed by atoms with Crippen molar-refractivity contribution in [3.05, 3.63) is 35.9 Å². The van der Waals surface area contributed by atoms with Gasteiger partial charge in [0.25, 0.3) is 0 Å². The van der Waals surface area contributed by atoms with Crippen LogP contribution in [0, 0.1) is 12.1 Å². The Hall–Kier alpha value is -0.780. The Bertz CT molecular complexity index is 141. The van der Waals surface area contributed by atoms with Crippen LogP contribution < -0.4 is 0 Å². The van der Waals surface area contributed by atoms with Crippen molar-refractivity contribution in [2.45, 2.75) is 13.3 Å². The molecule has 0 aromatic heterocycles. The summed E-state index contributed by atoms with van der Waals surface area (Å²) in [4.78, 5) is 0. The zero-order valence-corrected chi connectivity index (χ0v) is 4.94. The van der Waals surface area contributed by atoms with E-state index in [4.69, 9.17) is 0 Å². The van der Waals surface area contributed by atoms with Crippen LogP contribution in [0.4, 0.5) is 0 Å². The predicted molar refractivity (Wildman–Crippen MR) is 33.5 cm³/mol. The number of aryl methyl sites for hydroxylation is 1. The molecule has 0 unspecified atom stereocenters. The first-order chi connectivity index (χ1) is 3.93. The largest absolute Gasteiger partial charge is 0.0613 e. The van der Waals surface area contributed by atoms with Crippen LogP contribution in [0.15, 0.2) is 18.2 Å². The maximum atomic E-state index is 2.96. The Morgan fingerprint density at radius 1 is 1.38 bits per heavy atom. The summed E-state index contributed by atoms with van der Waals surface area (Å²) in [6.45, 7) is 2.12. The highest BCUT2D eigenvalue weighted by Crippen LogP contribution is 1.95. The van der Waals surface area contributed by atoms with Gasteiger partial charge in [0.1, 0.15) is 0 Å². The van der Waals surface area contributed by atoms with Crippen LogP contribution in [0.3, 0.4) is 0 Å². The van der Waals surface area contributed by atoms with Crippen molar-refractivity contribution in [2.24, 2.45) is 0 Å². The van der Waals surface area contributed by atoms with E-state index in [1.807, 2.05) is 12.1 Å². The Balaban J connectivity index is 2.83. The van der Waals surface area contributed by atoms with Crippen molar-refractivity contribution < 1.29 is 0 Å². The maximum absolute atomic E-state index is 2.96. The molecule has 1 aromatic carbocycles. The second-order valence-electron chi connectivity index (χ2n) is 1.69. The van der Waals surface area contributed by atoms with E-state index in [0.717, 1.165) is 6.42 Å². The second kappa shape index (κ2) is 2.51. The lowest BCUT2D eigenvalue weighted by atomic mass is 10.2. The molecule has 0 saturated carbocycles. The molecule has 0 N–H and O–H groups in total. The van der Waals surface area contributed by atoms with Gasteiger partial charge in [-0.1, -0.05) is 19.1 Å². The van der Waals surface area contributed by atoms with Gasteiger partial charge in [0.05, 0.1) is 0 Å². The summed E-state index contributed by atoms with van der Waals surface area (Å²) in [7, 11) is 0. The molecule has 40 valence electrons. The Morgan fingerprint density at radius 3 is 2.38 bits per heavy atom. The number of hydrogen-bond acceptors (Lipinski definition) is 0. The first-order valence-electron chi connectivity index (χ1n) is 2.79. The van der Waals surface area contributed by atoms with Crippen molar-refractivity contribution in [2.75, 3.05) is 0 Å². The average Bonchev–Trinajstić information content (AvgIpc) is 1.90. The molecule has 0 fully saturated rings. The highest BCUT2D eigenvalue weighted by Gasteiger charge is 1.80. The van der Waals surface area contributed by atoms with E-state index in [0.29, 0.717) is 0 Å². The molecule has 0 saturated heterocycles. The molecule has 8 heavy (non-hydrogen) atoms. The van der Waals surface area contributed by atoms with Crippen LogP contribution in [0.1, 0.15) is 12.5 Å². The zero-order valence-electron chi connectivity index (χ0n) is 4.94. The van der Waals surface area contributed by atoms with E-state index in [1.165, 1.54) is 5.56 Å². The molecule has 2 radical (unpaired) electrons. The summed E-state index contributed by atoms with van der Waals surface area (Å²) in [5.74, 6) is 0. The van der Waals surface area contributed by atoms with Gasteiger partial charge in [-0.15, -0.1) is 0 Å². The van der Waals surface area contributed by atoms with E-state index in [2.05, 4.69) is 19.1 Å². The average molecular weight is 104 g/mol. The third-order valence-electron chi connectivity index (χ3n) is 1.11. The van der Waals surface area contributed by atoms with E-state index in [-0.39, 0.29) is 0 Å². The number of benzene rings is 1. The molecule has 0 bridgehead atoms. The lowest BCUT2D eigenvalue weighted by molar-refractivity contribution is 1.14. The molecule has 0 atom stereocenters. The summed E-state index contributed by atoms with van der Waals surface area (Å²) in [6.07, 6.45) is 1.08. The topological polar surface area (TPSA) is 0 Å². The van der Waals surface area contributed by atoms with Gasteiger partial charge in [0.2, 0.25) is 0 Å². The zero-order chi connectivity index (χ0) is 5.82. The van der Waals surface area contributed by atoms with Crippen molar-refractivity contribution in [3.63, 3.8) is 0 Å². The summed E-state index contributed by atoms with van der Waals surface area (Å²) < 4.78 is 0. The molecule has 0 aliphatic carbocycles. The number of hydrogen-bond donors (Lipinski definition) is 0. The minimum atomic E-state index is 1.08. The summed E-state index contributed by atoms with van der Waals surface area (Å²) in [5, 5.41) is 0. The van der Waals surface area contributed by atoms with E-state index < -0.39 is 0 Å². The molecule has 0 aliphatic rings. The molecule has 0 aliphatic heterocycles. The minimum absolute atomic E-state index is 1.08. The van der Waals surface area contributed by atoms with Crippen LogP contribution in [0.5, 0.6) is 0 Å². The van der Waals surface area contributed by atoms with E-state index in [9.17, 15) is 0 Å². The van der Waals surface area contributed by atoms with Crippen molar-refractivity contribution in [1.29, 1.82) is 0 Å². The van der Waals surface area contributed by atoms with Crippen molar-refractivity contribution in [1.82, 2.24) is 0 Å². The summed E-state index contributed by atoms with van der Waals surface area (Å²) in [6, 6.07) is 11.7. The van der Waals surface area contributed by atoms with Crippen molar-refractivity contribution in [3.8, 4) is 0 Å². The highest BCUT2D eigenvalue weighted by molar-refractivity contribution is 5.11. The maximum Gasteiger partial charge on any atom is -0.0175 e. The van der Waals surface area contributed by atoms with Gasteiger partial charge < -0.3 is 0 Å². The third kappa shape index (κ3) is 1.09. The highest BCUT2D eigenvalue weighted by atomic mass is 13.9. The fraction of sp³-hybridized carbons (Fsp3) is 0.250. The molecular formula is C8H8. The van der Waals surface area contributed by atoms with Crippen molar-refractivity contribution >= 4 is 0 Å². The molecule has 0 amide bonds. The van der Waals surface area contributed by atoms with Gasteiger partial charge in [-0.25, -0.2) is 0 Å². The lowest BCUT2D eigenvalue weighted by Crippen LogP contribution is -1.74. The predicted octanol–water partition coefficient (Wildman–Crippen LogP) is 1.85. The standard InChI is InChI=1S/C8H8/c1-2-8-6-4-3-5-7-8/h3,6-7H,2H2,1H3. The molecule has 1 rings (SSSR count). The molecule has 1 aromatic rings. The van der Waals surface area contributed by atoms with Crippen LogP contribution in [-0.2, 0) is 6.42 Å². The summed E-state index contributed by atoms with van der Waals surface area (Å²) >= 11 is 0. The smallest absolute Gasteiger partial charge is 0.0175 e. The lowest BCUT2D eigenvalue weighted by Gasteiger charge is -1.88. The normalized spacial score (nSPS) is 9.12. The molecule has 0 heterocycles. The van der Waals surface area contributed by atoms with E-state index in [1.54, 1.807) is 6.07 Å². The van der Waals surface area contributed by atoms with Gasteiger partial charge in [0.15, 0.2) is 0 Å². The van der Waals surface area contributed by atoms with E-state index >= 15 is 0 Å². The number of rotatable bonds is 1. The van der Waals surface area contributed by atoms with Crippen LogP contribution >= 0.6 is 0 Å². The summed E-state index contributed by atoms with van der Waals surface area (Å²) in [5.41, 5.74) is 1.30. The second-order valence-corrected chi connectivity index (χ2v) is 1.69. The fourth-order valence-corrected chi connectivity index (χ4v) is 0.591. The van der Waals surface area contributed by atoms with Gasteiger partial charge >= 0.3 is 0 Å². The molecule has 0 heteroatoms. The fourth-order valence-electron chi connectivity index (χ4n) is 0.591. The Kier molecular flexibility index (Phi) is 1.68. The third-order valence-corrected chi connectivity index (χ3v) is 1.11. The molecule has 0 spiro atoms. The monoisotopic (exact) mass is 104 g/mol. The Morgan fingerprint density at radius 2 is 2.00 bits per heavy atom. The van der Waals surface area contributed by atoms with Crippen LogP contribution in [0.2, 0.25) is 0 Å². The quantitative estimate of drug-likeness (QED) is 0.510. The van der Waals surface area contributed by atoms with Crippen LogP contribution in [-0.4, -0.2) is 0 Å². The Labute approximate surface area is 50.2 Å². The van der Waals surface area contributed by atoms with Gasteiger partial charge in [0, 0.05) is 0 Å². The molecule has 0 nitrogen and oxygen atoms in total. The van der Waals surface area contributed by atoms with Gasteiger partial charge in [-0.05, 0) is 30.2 Å². The first kappa shape index (κ1) is 5.36. The van der Waals surface area contributed by atoms with Gasteiger partial charge in [-0.2, -0.15) is 0 Å². The minimum Gasteiger partial charge on any atom is -0.0613 e. The van der Waals surface area contributed by atoms with Crippen LogP contribution in [0.25, 0.3) is 0 Å².